The summed E-state index contributed by atoms with van der Waals surface area (Å²) in [6.07, 6.45) is 0. The third kappa shape index (κ3) is 4.38. The molecular weight excluding hydrogens is 399 g/mol. The van der Waals surface area contributed by atoms with Crippen LogP contribution in [0.5, 0.6) is 17.2 Å². The van der Waals surface area contributed by atoms with E-state index >= 15 is 0 Å². The summed E-state index contributed by atoms with van der Waals surface area (Å²) < 4.78 is 28.9. The summed E-state index contributed by atoms with van der Waals surface area (Å²) in [6.45, 7) is -0.279. The van der Waals surface area contributed by atoms with Crippen LogP contribution in [0, 0.1) is 5.82 Å². The minimum absolute atomic E-state index is 0.125. The zero-order chi connectivity index (χ0) is 17.8. The molecule has 0 saturated carbocycles. The van der Waals surface area contributed by atoms with E-state index in [-0.39, 0.29) is 12.5 Å². The summed E-state index contributed by atoms with van der Waals surface area (Å²) in [5.74, 6) is 0.280. The fourth-order valence-electron chi connectivity index (χ4n) is 2.03. The summed E-state index contributed by atoms with van der Waals surface area (Å²) in [4.78, 5) is 23.6. The lowest BCUT2D eigenvalue weighted by Crippen LogP contribution is -2.37. The van der Waals surface area contributed by atoms with Crippen molar-refractivity contribution in [2.24, 2.45) is 0 Å². The highest BCUT2D eigenvalue weighted by atomic mass is 79.9. The van der Waals surface area contributed by atoms with Gasteiger partial charge < -0.3 is 19.5 Å². The zero-order valence-electron chi connectivity index (χ0n) is 12.7. The molecule has 9 heteroatoms. The van der Waals surface area contributed by atoms with Crippen LogP contribution in [0.25, 0.3) is 0 Å². The quantitative estimate of drug-likeness (QED) is 0.808. The third-order valence-corrected chi connectivity index (χ3v) is 3.76. The molecule has 2 aromatic rings. The first kappa shape index (κ1) is 17.0. The molecule has 0 unspecified atom stereocenters. The third-order valence-electron chi connectivity index (χ3n) is 3.14. The van der Waals surface area contributed by atoms with Gasteiger partial charge in [0.05, 0.1) is 4.47 Å². The number of amides is 3. The van der Waals surface area contributed by atoms with E-state index in [1.807, 2.05) is 0 Å². The Hall–Kier alpha value is -2.81. The van der Waals surface area contributed by atoms with Crippen molar-refractivity contribution in [2.75, 3.05) is 18.7 Å². The van der Waals surface area contributed by atoms with Crippen molar-refractivity contribution in [3.05, 3.63) is 46.7 Å². The Morgan fingerprint density at radius 1 is 1.16 bits per heavy atom. The van der Waals surface area contributed by atoms with Crippen molar-refractivity contribution in [1.29, 1.82) is 0 Å². The molecule has 0 spiro atoms. The van der Waals surface area contributed by atoms with Gasteiger partial charge in [-0.15, -0.1) is 0 Å². The van der Waals surface area contributed by atoms with Gasteiger partial charge in [0.25, 0.3) is 5.91 Å². The Balaban J connectivity index is 1.50. The molecule has 0 saturated heterocycles. The van der Waals surface area contributed by atoms with Crippen LogP contribution in [0.2, 0.25) is 0 Å². The lowest BCUT2D eigenvalue weighted by Gasteiger charge is -2.09. The topological polar surface area (TPSA) is 85.9 Å². The van der Waals surface area contributed by atoms with Crippen LogP contribution in [0.1, 0.15) is 0 Å². The summed E-state index contributed by atoms with van der Waals surface area (Å²) >= 11 is 3.12. The SMILES string of the molecule is O=C(COc1ccc(F)cc1Br)NC(=O)Nc1ccc2c(c1)OCO2. The van der Waals surface area contributed by atoms with Crippen molar-refractivity contribution in [2.45, 2.75) is 0 Å². The maximum absolute atomic E-state index is 13.0. The number of rotatable bonds is 4. The number of ether oxygens (including phenoxy) is 3. The van der Waals surface area contributed by atoms with Gasteiger partial charge in [0.1, 0.15) is 11.6 Å². The first-order valence-electron chi connectivity index (χ1n) is 7.09. The molecule has 2 N–H and O–H groups in total. The van der Waals surface area contributed by atoms with Crippen molar-refractivity contribution in [3.8, 4) is 17.2 Å². The molecule has 3 rings (SSSR count). The highest BCUT2D eigenvalue weighted by Gasteiger charge is 2.15. The second-order valence-corrected chi connectivity index (χ2v) is 5.79. The van der Waals surface area contributed by atoms with E-state index < -0.39 is 24.4 Å². The standard InChI is InChI=1S/C16H12BrFN2O5/c17-11-5-9(18)1-3-12(11)23-7-15(21)20-16(22)19-10-2-4-13-14(6-10)25-8-24-13/h1-6H,7-8H2,(H2,19,20,21,22). The highest BCUT2D eigenvalue weighted by Crippen LogP contribution is 2.34. The van der Waals surface area contributed by atoms with Crippen LogP contribution >= 0.6 is 15.9 Å². The Bertz CT molecular complexity index is 830. The fourth-order valence-corrected chi connectivity index (χ4v) is 2.50. The number of hydrogen-bond donors (Lipinski definition) is 2. The molecule has 0 radical (unpaired) electrons. The molecular formula is C16H12BrFN2O5. The van der Waals surface area contributed by atoms with E-state index in [1.54, 1.807) is 18.2 Å². The van der Waals surface area contributed by atoms with E-state index in [2.05, 4.69) is 26.6 Å². The van der Waals surface area contributed by atoms with Gasteiger partial charge in [0.15, 0.2) is 18.1 Å². The fraction of sp³-hybridized carbons (Fsp3) is 0.125. The molecule has 0 bridgehead atoms. The molecule has 1 aliphatic rings. The predicted octanol–water partition coefficient (Wildman–Crippen LogP) is 3.04. The minimum Gasteiger partial charge on any atom is -0.483 e. The molecule has 0 aromatic heterocycles. The molecule has 1 heterocycles. The van der Waals surface area contributed by atoms with Crippen molar-refractivity contribution >= 4 is 33.6 Å². The van der Waals surface area contributed by atoms with E-state index in [9.17, 15) is 14.0 Å². The predicted molar refractivity (Wildman–Crippen MR) is 89.3 cm³/mol. The van der Waals surface area contributed by atoms with E-state index in [0.717, 1.165) is 0 Å². The molecule has 0 fully saturated rings. The largest absolute Gasteiger partial charge is 0.483 e. The number of nitrogens with one attached hydrogen (secondary N) is 2. The monoisotopic (exact) mass is 410 g/mol. The number of urea groups is 1. The highest BCUT2D eigenvalue weighted by molar-refractivity contribution is 9.10. The number of benzene rings is 2. The van der Waals surface area contributed by atoms with Crippen LogP contribution in [0.15, 0.2) is 40.9 Å². The van der Waals surface area contributed by atoms with Gasteiger partial charge in [0, 0.05) is 11.8 Å². The van der Waals surface area contributed by atoms with Gasteiger partial charge in [0.2, 0.25) is 6.79 Å². The Kier molecular flexibility index (Phi) is 5.03. The van der Waals surface area contributed by atoms with Crippen molar-refractivity contribution < 1.29 is 28.2 Å². The molecule has 0 aliphatic carbocycles. The number of carbonyl (C=O) groups is 2. The molecule has 3 amide bonds. The second-order valence-electron chi connectivity index (χ2n) is 4.93. The number of halogens is 2. The van der Waals surface area contributed by atoms with E-state index in [1.165, 1.54) is 18.2 Å². The average Bonchev–Trinajstić information content (AvgIpc) is 3.01. The first-order chi connectivity index (χ1) is 12.0. The van der Waals surface area contributed by atoms with Crippen molar-refractivity contribution in [3.63, 3.8) is 0 Å². The molecule has 7 nitrogen and oxygen atoms in total. The summed E-state index contributed by atoms with van der Waals surface area (Å²) in [7, 11) is 0. The average molecular weight is 411 g/mol. The Morgan fingerprint density at radius 2 is 1.96 bits per heavy atom. The normalized spacial score (nSPS) is 11.8. The summed E-state index contributed by atoms with van der Waals surface area (Å²) in [5, 5.41) is 4.62. The van der Waals surface area contributed by atoms with Gasteiger partial charge in [-0.3, -0.25) is 10.1 Å². The minimum atomic E-state index is -0.717. The smallest absolute Gasteiger partial charge is 0.325 e. The number of imide groups is 1. The molecule has 25 heavy (non-hydrogen) atoms. The van der Waals surface area contributed by atoms with Crippen molar-refractivity contribution in [1.82, 2.24) is 5.32 Å². The number of hydrogen-bond acceptors (Lipinski definition) is 5. The molecule has 1 aliphatic heterocycles. The lowest BCUT2D eigenvalue weighted by molar-refractivity contribution is -0.121. The zero-order valence-corrected chi connectivity index (χ0v) is 14.3. The summed E-state index contributed by atoms with van der Waals surface area (Å²) in [6, 6.07) is 7.91. The van der Waals surface area contributed by atoms with Gasteiger partial charge in [-0.2, -0.15) is 0 Å². The van der Waals surface area contributed by atoms with E-state index in [0.29, 0.717) is 21.7 Å². The van der Waals surface area contributed by atoms with E-state index in [4.69, 9.17) is 14.2 Å². The van der Waals surface area contributed by atoms with Crippen LogP contribution in [0.4, 0.5) is 14.9 Å². The van der Waals surface area contributed by atoms with Gasteiger partial charge in [-0.05, 0) is 46.3 Å². The maximum Gasteiger partial charge on any atom is 0.325 e. The second kappa shape index (κ2) is 7.39. The van der Waals surface area contributed by atoms with Crippen LogP contribution in [-0.2, 0) is 4.79 Å². The van der Waals surface area contributed by atoms with Crippen LogP contribution in [-0.4, -0.2) is 25.3 Å². The molecule has 2 aromatic carbocycles. The van der Waals surface area contributed by atoms with Gasteiger partial charge in [-0.25, -0.2) is 9.18 Å². The number of fused-ring (bicyclic) bond motifs is 1. The lowest BCUT2D eigenvalue weighted by atomic mass is 10.3. The molecule has 0 atom stereocenters. The van der Waals surface area contributed by atoms with Crippen LogP contribution in [0.3, 0.4) is 0 Å². The number of carbonyl (C=O) groups excluding carboxylic acids is 2. The van der Waals surface area contributed by atoms with Gasteiger partial charge in [-0.1, -0.05) is 0 Å². The molecule has 130 valence electrons. The summed E-state index contributed by atoms with van der Waals surface area (Å²) in [5.41, 5.74) is 0.441. The number of anilines is 1. The van der Waals surface area contributed by atoms with Crippen LogP contribution < -0.4 is 24.8 Å². The Labute approximate surface area is 150 Å². The maximum atomic E-state index is 13.0. The van der Waals surface area contributed by atoms with Gasteiger partial charge >= 0.3 is 6.03 Å². The first-order valence-corrected chi connectivity index (χ1v) is 7.89. The Morgan fingerprint density at radius 3 is 2.76 bits per heavy atom.